The Balaban J connectivity index is 2.24. The highest BCUT2D eigenvalue weighted by molar-refractivity contribution is 6.17. The predicted molar refractivity (Wildman–Crippen MR) is 55.3 cm³/mol. The van der Waals surface area contributed by atoms with Crippen LogP contribution >= 0.6 is 11.6 Å². The summed E-state index contributed by atoms with van der Waals surface area (Å²) in [5.74, 6) is 1.40. The lowest BCUT2D eigenvalue weighted by atomic mass is 10.1. The van der Waals surface area contributed by atoms with E-state index in [9.17, 15) is 0 Å². The Morgan fingerprint density at radius 3 is 2.64 bits per heavy atom. The molecular formula is C11H10ClNO. The summed E-state index contributed by atoms with van der Waals surface area (Å²) in [6, 6.07) is 8.07. The van der Waals surface area contributed by atoms with E-state index < -0.39 is 0 Å². The number of halogens is 1. The molecule has 0 spiro atoms. The number of oxazole rings is 1. The Labute approximate surface area is 87.5 Å². The van der Waals surface area contributed by atoms with E-state index in [1.54, 1.807) is 6.20 Å². The van der Waals surface area contributed by atoms with Crippen LogP contribution in [0.3, 0.4) is 0 Å². The molecule has 0 aliphatic carbocycles. The molecule has 1 aromatic heterocycles. The van der Waals surface area contributed by atoms with E-state index >= 15 is 0 Å². The second-order valence-electron chi connectivity index (χ2n) is 3.05. The van der Waals surface area contributed by atoms with Crippen LogP contribution in [-0.2, 0) is 12.3 Å². The van der Waals surface area contributed by atoms with Crippen molar-refractivity contribution in [2.24, 2.45) is 0 Å². The largest absolute Gasteiger partial charge is 0.448 e. The summed E-state index contributed by atoms with van der Waals surface area (Å²) in [5, 5.41) is 0. The normalized spacial score (nSPS) is 10.4. The molecule has 0 amide bonds. The average Bonchev–Trinajstić information content (AvgIpc) is 2.71. The SMILES string of the molecule is ClCc1ccccc1Cc1cnco1. The van der Waals surface area contributed by atoms with Gasteiger partial charge in [0.2, 0.25) is 0 Å². The number of rotatable bonds is 3. The number of benzene rings is 1. The zero-order valence-electron chi connectivity index (χ0n) is 7.61. The molecule has 0 radical (unpaired) electrons. The van der Waals surface area contributed by atoms with E-state index in [1.807, 2.05) is 18.2 Å². The van der Waals surface area contributed by atoms with Crippen molar-refractivity contribution in [3.63, 3.8) is 0 Å². The summed E-state index contributed by atoms with van der Waals surface area (Å²) in [4.78, 5) is 3.87. The third kappa shape index (κ3) is 1.96. The van der Waals surface area contributed by atoms with E-state index in [2.05, 4.69) is 11.1 Å². The summed E-state index contributed by atoms with van der Waals surface area (Å²) in [7, 11) is 0. The number of hydrogen-bond acceptors (Lipinski definition) is 2. The van der Waals surface area contributed by atoms with Crippen LogP contribution in [0.15, 0.2) is 41.3 Å². The van der Waals surface area contributed by atoms with Crippen molar-refractivity contribution in [1.29, 1.82) is 0 Å². The van der Waals surface area contributed by atoms with Crippen LogP contribution in [0.2, 0.25) is 0 Å². The molecular weight excluding hydrogens is 198 g/mol. The first kappa shape index (κ1) is 9.28. The molecule has 0 aliphatic heterocycles. The second kappa shape index (κ2) is 4.29. The van der Waals surface area contributed by atoms with Gasteiger partial charge in [-0.2, -0.15) is 0 Å². The molecule has 0 atom stereocenters. The van der Waals surface area contributed by atoms with E-state index in [0.29, 0.717) is 5.88 Å². The first-order valence-corrected chi connectivity index (χ1v) is 4.93. The first-order chi connectivity index (χ1) is 6.90. The van der Waals surface area contributed by atoms with Crippen LogP contribution in [0.5, 0.6) is 0 Å². The topological polar surface area (TPSA) is 26.0 Å². The summed E-state index contributed by atoms with van der Waals surface area (Å²) >= 11 is 5.83. The molecule has 0 fully saturated rings. The van der Waals surface area contributed by atoms with Gasteiger partial charge in [-0.15, -0.1) is 11.6 Å². The second-order valence-corrected chi connectivity index (χ2v) is 3.31. The zero-order valence-corrected chi connectivity index (χ0v) is 8.37. The van der Waals surface area contributed by atoms with Gasteiger partial charge in [0, 0.05) is 12.3 Å². The zero-order chi connectivity index (χ0) is 9.80. The van der Waals surface area contributed by atoms with Crippen LogP contribution in [0.25, 0.3) is 0 Å². The highest BCUT2D eigenvalue weighted by Gasteiger charge is 2.03. The van der Waals surface area contributed by atoms with Crippen molar-refractivity contribution in [1.82, 2.24) is 4.98 Å². The van der Waals surface area contributed by atoms with Gasteiger partial charge in [-0.3, -0.25) is 0 Å². The molecule has 0 bridgehead atoms. The van der Waals surface area contributed by atoms with Crippen molar-refractivity contribution in [3.05, 3.63) is 53.7 Å². The van der Waals surface area contributed by atoms with Crippen LogP contribution in [0.4, 0.5) is 0 Å². The minimum absolute atomic E-state index is 0.532. The molecule has 2 aromatic rings. The fraction of sp³-hybridized carbons (Fsp3) is 0.182. The summed E-state index contributed by atoms with van der Waals surface area (Å²) in [5.41, 5.74) is 2.34. The van der Waals surface area contributed by atoms with E-state index in [-0.39, 0.29) is 0 Å². The van der Waals surface area contributed by atoms with Gasteiger partial charge in [-0.05, 0) is 11.1 Å². The Morgan fingerprint density at radius 2 is 2.00 bits per heavy atom. The molecule has 0 aliphatic rings. The lowest BCUT2D eigenvalue weighted by Gasteiger charge is -2.03. The number of hydrogen-bond donors (Lipinski definition) is 0. The molecule has 1 aromatic carbocycles. The fourth-order valence-electron chi connectivity index (χ4n) is 1.38. The number of aromatic nitrogens is 1. The summed E-state index contributed by atoms with van der Waals surface area (Å²) < 4.78 is 5.18. The van der Waals surface area contributed by atoms with Crippen LogP contribution in [-0.4, -0.2) is 4.98 Å². The lowest BCUT2D eigenvalue weighted by molar-refractivity contribution is 0.514. The quantitative estimate of drug-likeness (QED) is 0.724. The first-order valence-electron chi connectivity index (χ1n) is 4.40. The summed E-state index contributed by atoms with van der Waals surface area (Å²) in [6.07, 6.45) is 3.92. The summed E-state index contributed by atoms with van der Waals surface area (Å²) in [6.45, 7) is 0. The number of nitrogens with zero attached hydrogens (tertiary/aromatic N) is 1. The fourth-order valence-corrected chi connectivity index (χ4v) is 1.64. The van der Waals surface area contributed by atoms with E-state index in [0.717, 1.165) is 17.7 Å². The molecule has 72 valence electrons. The van der Waals surface area contributed by atoms with Crippen LogP contribution in [0, 0.1) is 0 Å². The molecule has 14 heavy (non-hydrogen) atoms. The van der Waals surface area contributed by atoms with Crippen molar-refractivity contribution < 1.29 is 4.42 Å². The Kier molecular flexibility index (Phi) is 2.84. The molecule has 3 heteroatoms. The standard InChI is InChI=1S/C11H10ClNO/c12-6-10-4-2-1-3-9(10)5-11-7-13-8-14-11/h1-4,7-8H,5-6H2. The molecule has 0 N–H and O–H groups in total. The molecule has 0 saturated carbocycles. The van der Waals surface area contributed by atoms with Gasteiger partial charge in [-0.25, -0.2) is 4.98 Å². The molecule has 1 heterocycles. The highest BCUT2D eigenvalue weighted by atomic mass is 35.5. The van der Waals surface area contributed by atoms with Crippen molar-refractivity contribution in [2.45, 2.75) is 12.3 Å². The maximum Gasteiger partial charge on any atom is 0.180 e. The van der Waals surface area contributed by atoms with Gasteiger partial charge in [-0.1, -0.05) is 24.3 Å². The lowest BCUT2D eigenvalue weighted by Crippen LogP contribution is -1.91. The molecule has 2 nitrogen and oxygen atoms in total. The Hall–Kier alpha value is -1.28. The number of alkyl halides is 1. The highest BCUT2D eigenvalue weighted by Crippen LogP contribution is 2.15. The van der Waals surface area contributed by atoms with Gasteiger partial charge < -0.3 is 4.42 Å². The van der Waals surface area contributed by atoms with Crippen molar-refractivity contribution >= 4 is 11.6 Å². The predicted octanol–water partition coefficient (Wildman–Crippen LogP) is 3.00. The smallest absolute Gasteiger partial charge is 0.180 e. The Morgan fingerprint density at radius 1 is 1.21 bits per heavy atom. The molecule has 0 unspecified atom stereocenters. The third-order valence-electron chi connectivity index (χ3n) is 2.11. The Bertz CT molecular complexity index is 397. The van der Waals surface area contributed by atoms with Crippen molar-refractivity contribution in [3.8, 4) is 0 Å². The van der Waals surface area contributed by atoms with Gasteiger partial charge in [0.1, 0.15) is 5.76 Å². The van der Waals surface area contributed by atoms with Gasteiger partial charge in [0.15, 0.2) is 6.39 Å². The molecule has 2 rings (SSSR count). The van der Waals surface area contributed by atoms with Gasteiger partial charge in [0.25, 0.3) is 0 Å². The third-order valence-corrected chi connectivity index (χ3v) is 2.40. The molecule has 0 saturated heterocycles. The van der Waals surface area contributed by atoms with Crippen LogP contribution < -0.4 is 0 Å². The van der Waals surface area contributed by atoms with Crippen LogP contribution in [0.1, 0.15) is 16.9 Å². The maximum absolute atomic E-state index is 5.83. The minimum atomic E-state index is 0.532. The van der Waals surface area contributed by atoms with E-state index in [1.165, 1.54) is 12.0 Å². The minimum Gasteiger partial charge on any atom is -0.448 e. The average molecular weight is 208 g/mol. The van der Waals surface area contributed by atoms with Crippen molar-refractivity contribution in [2.75, 3.05) is 0 Å². The monoisotopic (exact) mass is 207 g/mol. The van der Waals surface area contributed by atoms with Gasteiger partial charge >= 0.3 is 0 Å². The maximum atomic E-state index is 5.83. The van der Waals surface area contributed by atoms with E-state index in [4.69, 9.17) is 16.0 Å². The van der Waals surface area contributed by atoms with Gasteiger partial charge in [0.05, 0.1) is 6.20 Å².